The molecule has 0 fully saturated rings. The lowest BCUT2D eigenvalue weighted by molar-refractivity contribution is 0.122. The quantitative estimate of drug-likeness (QED) is 0.770. The van der Waals surface area contributed by atoms with Gasteiger partial charge in [-0.15, -0.1) is 0 Å². The average molecular weight is 253 g/mol. The third-order valence-electron chi connectivity index (χ3n) is 3.32. The summed E-state index contributed by atoms with van der Waals surface area (Å²) in [5, 5.41) is 8.03. The van der Waals surface area contributed by atoms with Crippen molar-refractivity contribution < 1.29 is 4.74 Å². The van der Waals surface area contributed by atoms with E-state index in [1.807, 2.05) is 18.7 Å². The van der Waals surface area contributed by atoms with Gasteiger partial charge in [-0.25, -0.2) is 0 Å². The van der Waals surface area contributed by atoms with Gasteiger partial charge in [0.15, 0.2) is 0 Å². The Labute approximate surface area is 111 Å². The van der Waals surface area contributed by atoms with Crippen LogP contribution in [0.25, 0.3) is 0 Å². The Morgan fingerprint density at radius 1 is 1.33 bits per heavy atom. The highest BCUT2D eigenvalue weighted by Crippen LogP contribution is 2.14. The molecule has 0 spiro atoms. The van der Waals surface area contributed by atoms with Crippen molar-refractivity contribution >= 4 is 0 Å². The molecule has 1 atom stereocenters. The van der Waals surface area contributed by atoms with Crippen molar-refractivity contribution in [1.82, 2.24) is 15.1 Å². The number of rotatable bonds is 8. The molecular formula is C14H27N3O. The number of hydrogen-bond acceptors (Lipinski definition) is 3. The Morgan fingerprint density at radius 3 is 2.56 bits per heavy atom. The second-order valence-corrected chi connectivity index (χ2v) is 4.79. The van der Waals surface area contributed by atoms with Crippen molar-refractivity contribution in [3.63, 3.8) is 0 Å². The number of nitrogens with zero attached hydrogens (tertiary/aromatic N) is 2. The molecular weight excluding hydrogens is 226 g/mol. The van der Waals surface area contributed by atoms with Crippen LogP contribution in [0.2, 0.25) is 0 Å². The highest BCUT2D eigenvalue weighted by atomic mass is 16.5. The van der Waals surface area contributed by atoms with Crippen molar-refractivity contribution in [2.24, 2.45) is 7.05 Å². The normalized spacial score (nSPS) is 12.9. The standard InChI is InChI=1S/C14H27N3O/c1-6-8-15-13(10-18-7-2)9-14-11(3)16-17(5)12(14)4/h13,15H,6-10H2,1-5H3. The van der Waals surface area contributed by atoms with E-state index in [1.54, 1.807) is 0 Å². The second kappa shape index (κ2) is 7.54. The Balaban J connectivity index is 2.68. The SMILES string of the molecule is CCCNC(COCC)Cc1c(C)nn(C)c1C. The van der Waals surface area contributed by atoms with E-state index in [9.17, 15) is 0 Å². The van der Waals surface area contributed by atoms with E-state index >= 15 is 0 Å². The van der Waals surface area contributed by atoms with Gasteiger partial charge < -0.3 is 10.1 Å². The van der Waals surface area contributed by atoms with Gasteiger partial charge in [-0.05, 0) is 45.7 Å². The molecule has 0 radical (unpaired) electrons. The highest BCUT2D eigenvalue weighted by Gasteiger charge is 2.15. The molecule has 0 aromatic carbocycles. The van der Waals surface area contributed by atoms with Gasteiger partial charge in [0.05, 0.1) is 12.3 Å². The van der Waals surface area contributed by atoms with Gasteiger partial charge in [-0.3, -0.25) is 4.68 Å². The van der Waals surface area contributed by atoms with Crippen LogP contribution in [0, 0.1) is 13.8 Å². The van der Waals surface area contributed by atoms with Crippen molar-refractivity contribution in [3.8, 4) is 0 Å². The molecule has 0 bridgehead atoms. The number of aromatic nitrogens is 2. The van der Waals surface area contributed by atoms with E-state index in [0.717, 1.165) is 38.3 Å². The van der Waals surface area contributed by atoms with Gasteiger partial charge in [0.2, 0.25) is 0 Å². The summed E-state index contributed by atoms with van der Waals surface area (Å²) in [4.78, 5) is 0. The van der Waals surface area contributed by atoms with Gasteiger partial charge in [0.25, 0.3) is 0 Å². The number of ether oxygens (including phenoxy) is 1. The third-order valence-corrected chi connectivity index (χ3v) is 3.32. The van der Waals surface area contributed by atoms with Crippen molar-refractivity contribution in [2.45, 2.75) is 46.6 Å². The smallest absolute Gasteiger partial charge is 0.0628 e. The van der Waals surface area contributed by atoms with Gasteiger partial charge in [0, 0.05) is 25.4 Å². The fourth-order valence-corrected chi connectivity index (χ4v) is 2.16. The van der Waals surface area contributed by atoms with E-state index < -0.39 is 0 Å². The summed E-state index contributed by atoms with van der Waals surface area (Å²) in [6.45, 7) is 11.0. The molecule has 4 nitrogen and oxygen atoms in total. The zero-order valence-electron chi connectivity index (χ0n) is 12.4. The zero-order valence-corrected chi connectivity index (χ0v) is 12.4. The van der Waals surface area contributed by atoms with Crippen LogP contribution in [0.4, 0.5) is 0 Å². The highest BCUT2D eigenvalue weighted by molar-refractivity contribution is 5.25. The van der Waals surface area contributed by atoms with Gasteiger partial charge >= 0.3 is 0 Å². The molecule has 104 valence electrons. The maximum atomic E-state index is 5.56. The summed E-state index contributed by atoms with van der Waals surface area (Å²) in [6.07, 6.45) is 2.14. The molecule has 0 aliphatic heterocycles. The molecule has 18 heavy (non-hydrogen) atoms. The van der Waals surface area contributed by atoms with Crippen LogP contribution in [0.3, 0.4) is 0 Å². The van der Waals surface area contributed by atoms with Crippen molar-refractivity contribution in [2.75, 3.05) is 19.8 Å². The fraction of sp³-hybridized carbons (Fsp3) is 0.786. The molecule has 0 aliphatic carbocycles. The largest absolute Gasteiger partial charge is 0.380 e. The Hall–Kier alpha value is -0.870. The van der Waals surface area contributed by atoms with E-state index in [2.05, 4.69) is 31.2 Å². The van der Waals surface area contributed by atoms with Crippen LogP contribution in [0.5, 0.6) is 0 Å². The molecule has 1 aromatic rings. The lowest BCUT2D eigenvalue weighted by Crippen LogP contribution is -2.36. The Kier molecular flexibility index (Phi) is 6.36. The topological polar surface area (TPSA) is 39.1 Å². The number of hydrogen-bond donors (Lipinski definition) is 1. The van der Waals surface area contributed by atoms with E-state index in [-0.39, 0.29) is 0 Å². The second-order valence-electron chi connectivity index (χ2n) is 4.79. The predicted molar refractivity (Wildman–Crippen MR) is 75.0 cm³/mol. The molecule has 0 amide bonds. The lowest BCUT2D eigenvalue weighted by atomic mass is 10.0. The van der Waals surface area contributed by atoms with Gasteiger partial charge in [0.1, 0.15) is 0 Å². The van der Waals surface area contributed by atoms with Crippen LogP contribution >= 0.6 is 0 Å². The van der Waals surface area contributed by atoms with Crippen molar-refractivity contribution in [1.29, 1.82) is 0 Å². The van der Waals surface area contributed by atoms with Crippen molar-refractivity contribution in [3.05, 3.63) is 17.0 Å². The first-order valence-corrected chi connectivity index (χ1v) is 6.90. The van der Waals surface area contributed by atoms with Crippen LogP contribution in [-0.2, 0) is 18.2 Å². The van der Waals surface area contributed by atoms with E-state index in [4.69, 9.17) is 4.74 Å². The molecule has 1 heterocycles. The maximum absolute atomic E-state index is 5.56. The molecule has 1 N–H and O–H groups in total. The van der Waals surface area contributed by atoms with Gasteiger partial charge in [-0.1, -0.05) is 6.92 Å². The molecule has 0 saturated heterocycles. The third kappa shape index (κ3) is 4.10. The first kappa shape index (κ1) is 15.2. The maximum Gasteiger partial charge on any atom is 0.0628 e. The number of aryl methyl sites for hydroxylation is 2. The minimum absolute atomic E-state index is 0.381. The summed E-state index contributed by atoms with van der Waals surface area (Å²) in [5.74, 6) is 0. The van der Waals surface area contributed by atoms with E-state index in [0.29, 0.717) is 6.04 Å². The summed E-state index contributed by atoms with van der Waals surface area (Å²) < 4.78 is 7.52. The fourth-order valence-electron chi connectivity index (χ4n) is 2.16. The summed E-state index contributed by atoms with van der Waals surface area (Å²) in [7, 11) is 2.00. The molecule has 1 aromatic heterocycles. The first-order valence-electron chi connectivity index (χ1n) is 6.90. The van der Waals surface area contributed by atoms with E-state index in [1.165, 1.54) is 11.3 Å². The summed E-state index contributed by atoms with van der Waals surface area (Å²) in [5.41, 5.74) is 3.74. The number of nitrogens with one attached hydrogen (secondary N) is 1. The van der Waals surface area contributed by atoms with Gasteiger partial charge in [-0.2, -0.15) is 5.10 Å². The Bertz CT molecular complexity index is 352. The molecule has 1 unspecified atom stereocenters. The van der Waals surface area contributed by atoms with Crippen LogP contribution in [-0.4, -0.2) is 35.6 Å². The molecule has 1 rings (SSSR count). The summed E-state index contributed by atoms with van der Waals surface area (Å²) in [6, 6.07) is 0.381. The molecule has 0 saturated carbocycles. The lowest BCUT2D eigenvalue weighted by Gasteiger charge is -2.18. The minimum atomic E-state index is 0.381. The predicted octanol–water partition coefficient (Wildman–Crippen LogP) is 1.98. The first-order chi connectivity index (χ1) is 8.60. The summed E-state index contributed by atoms with van der Waals surface area (Å²) >= 11 is 0. The molecule has 4 heteroatoms. The van der Waals surface area contributed by atoms with Crippen LogP contribution in [0.15, 0.2) is 0 Å². The molecule has 0 aliphatic rings. The van der Waals surface area contributed by atoms with Crippen LogP contribution in [0.1, 0.15) is 37.2 Å². The average Bonchev–Trinajstić information content (AvgIpc) is 2.58. The monoisotopic (exact) mass is 253 g/mol. The minimum Gasteiger partial charge on any atom is -0.380 e. The zero-order chi connectivity index (χ0) is 13.5. The van der Waals surface area contributed by atoms with Crippen LogP contribution < -0.4 is 5.32 Å². The Morgan fingerprint density at radius 2 is 2.06 bits per heavy atom.